The molecule has 0 spiro atoms. The largest absolute Gasteiger partial charge is 0.416 e. The van der Waals surface area contributed by atoms with Crippen molar-refractivity contribution in [3.05, 3.63) is 82.5 Å². The van der Waals surface area contributed by atoms with E-state index in [1.807, 2.05) is 6.07 Å². The van der Waals surface area contributed by atoms with Gasteiger partial charge in [-0.25, -0.2) is 4.98 Å². The molecule has 2 N–H and O–H groups in total. The van der Waals surface area contributed by atoms with E-state index in [1.165, 1.54) is 24.4 Å². The van der Waals surface area contributed by atoms with E-state index in [4.69, 9.17) is 0 Å². The summed E-state index contributed by atoms with van der Waals surface area (Å²) in [5.41, 5.74) is 0.168. The summed E-state index contributed by atoms with van der Waals surface area (Å²) >= 11 is 3.32. The SMILES string of the molecule is O=C(Nc1cccc(Br)c1)c1cccnc1Nc1cccc(C(F)(F)F)c1. The third-order valence-corrected chi connectivity index (χ3v) is 4.08. The van der Waals surface area contributed by atoms with Crippen molar-refractivity contribution in [1.29, 1.82) is 0 Å². The van der Waals surface area contributed by atoms with Crippen molar-refractivity contribution in [1.82, 2.24) is 4.98 Å². The Balaban J connectivity index is 1.85. The summed E-state index contributed by atoms with van der Waals surface area (Å²) in [4.78, 5) is 16.7. The smallest absolute Gasteiger partial charge is 0.340 e. The van der Waals surface area contributed by atoms with Gasteiger partial charge in [-0.05, 0) is 48.5 Å². The summed E-state index contributed by atoms with van der Waals surface area (Å²) in [7, 11) is 0. The van der Waals surface area contributed by atoms with Crippen LogP contribution in [0.4, 0.5) is 30.4 Å². The highest BCUT2D eigenvalue weighted by Gasteiger charge is 2.30. The lowest BCUT2D eigenvalue weighted by Crippen LogP contribution is -2.14. The lowest BCUT2D eigenvalue weighted by Gasteiger charge is -2.13. The predicted molar refractivity (Wildman–Crippen MR) is 101 cm³/mol. The highest BCUT2D eigenvalue weighted by atomic mass is 79.9. The van der Waals surface area contributed by atoms with Crippen LogP contribution in [0, 0.1) is 0 Å². The molecule has 0 saturated carbocycles. The lowest BCUT2D eigenvalue weighted by atomic mass is 10.1. The van der Waals surface area contributed by atoms with Gasteiger partial charge in [-0.1, -0.05) is 28.1 Å². The quantitative estimate of drug-likeness (QED) is 0.539. The zero-order valence-corrected chi connectivity index (χ0v) is 15.3. The van der Waals surface area contributed by atoms with Crippen LogP contribution in [0.2, 0.25) is 0 Å². The second kappa shape index (κ2) is 7.79. The number of hydrogen-bond donors (Lipinski definition) is 2. The minimum absolute atomic E-state index is 0.157. The van der Waals surface area contributed by atoms with Crippen molar-refractivity contribution >= 4 is 39.0 Å². The van der Waals surface area contributed by atoms with Gasteiger partial charge in [0.15, 0.2) is 0 Å². The van der Waals surface area contributed by atoms with Crippen molar-refractivity contribution in [2.75, 3.05) is 10.6 Å². The number of amides is 1. The van der Waals surface area contributed by atoms with Gasteiger partial charge in [0.1, 0.15) is 5.82 Å². The molecule has 0 aliphatic heterocycles. The molecule has 0 bridgehead atoms. The molecule has 3 aromatic rings. The number of nitrogens with one attached hydrogen (secondary N) is 2. The molecular formula is C19H13BrF3N3O. The van der Waals surface area contributed by atoms with Gasteiger partial charge < -0.3 is 10.6 Å². The maximum absolute atomic E-state index is 12.9. The first-order valence-corrected chi connectivity index (χ1v) is 8.58. The molecule has 1 amide bonds. The van der Waals surface area contributed by atoms with E-state index in [0.717, 1.165) is 16.6 Å². The van der Waals surface area contributed by atoms with Crippen molar-refractivity contribution in [3.8, 4) is 0 Å². The fourth-order valence-electron chi connectivity index (χ4n) is 2.36. The summed E-state index contributed by atoms with van der Waals surface area (Å²) in [6.45, 7) is 0. The Bertz CT molecular complexity index is 976. The molecule has 0 radical (unpaired) electrons. The number of halogens is 4. The molecule has 8 heteroatoms. The summed E-state index contributed by atoms with van der Waals surface area (Å²) in [5.74, 6) is -0.278. The zero-order valence-electron chi connectivity index (χ0n) is 13.7. The van der Waals surface area contributed by atoms with Crippen molar-refractivity contribution in [3.63, 3.8) is 0 Å². The molecule has 0 unspecified atom stereocenters. The van der Waals surface area contributed by atoms with Crippen LogP contribution >= 0.6 is 15.9 Å². The Morgan fingerprint density at radius 3 is 2.44 bits per heavy atom. The van der Waals surface area contributed by atoms with Gasteiger partial charge >= 0.3 is 6.18 Å². The fourth-order valence-corrected chi connectivity index (χ4v) is 2.76. The first-order valence-electron chi connectivity index (χ1n) is 7.79. The Hall–Kier alpha value is -2.87. The number of carbonyl (C=O) groups is 1. The molecule has 3 rings (SSSR count). The average molecular weight is 436 g/mol. The number of alkyl halides is 3. The summed E-state index contributed by atoms with van der Waals surface area (Å²) < 4.78 is 39.4. The molecule has 1 aromatic heterocycles. The second-order valence-corrected chi connectivity index (χ2v) is 6.48. The minimum atomic E-state index is -4.46. The van der Waals surface area contributed by atoms with E-state index < -0.39 is 17.6 Å². The van der Waals surface area contributed by atoms with Gasteiger partial charge in [-0.2, -0.15) is 13.2 Å². The van der Waals surface area contributed by atoms with E-state index in [1.54, 1.807) is 24.3 Å². The van der Waals surface area contributed by atoms with Crippen LogP contribution in [-0.4, -0.2) is 10.9 Å². The normalized spacial score (nSPS) is 11.1. The van der Waals surface area contributed by atoms with Gasteiger partial charge in [0.2, 0.25) is 0 Å². The van der Waals surface area contributed by atoms with Crippen molar-refractivity contribution in [2.45, 2.75) is 6.18 Å². The van der Waals surface area contributed by atoms with Crippen LogP contribution in [0.3, 0.4) is 0 Å². The molecule has 0 fully saturated rings. The molecular weight excluding hydrogens is 423 g/mol. The Morgan fingerprint density at radius 1 is 0.963 bits per heavy atom. The topological polar surface area (TPSA) is 54.0 Å². The molecule has 27 heavy (non-hydrogen) atoms. The van der Waals surface area contributed by atoms with E-state index >= 15 is 0 Å². The first-order chi connectivity index (χ1) is 12.8. The van der Waals surface area contributed by atoms with Gasteiger partial charge in [0.25, 0.3) is 5.91 Å². The molecule has 0 saturated heterocycles. The van der Waals surface area contributed by atoms with Crippen LogP contribution in [0.5, 0.6) is 0 Å². The van der Waals surface area contributed by atoms with Gasteiger partial charge in [0, 0.05) is 22.0 Å². The van der Waals surface area contributed by atoms with E-state index in [9.17, 15) is 18.0 Å². The number of pyridine rings is 1. The molecule has 138 valence electrons. The monoisotopic (exact) mass is 435 g/mol. The van der Waals surface area contributed by atoms with Gasteiger partial charge in [0.05, 0.1) is 11.1 Å². The highest BCUT2D eigenvalue weighted by molar-refractivity contribution is 9.10. The number of hydrogen-bond acceptors (Lipinski definition) is 3. The third kappa shape index (κ3) is 4.85. The van der Waals surface area contributed by atoms with Crippen molar-refractivity contribution < 1.29 is 18.0 Å². The first kappa shape index (κ1) is 18.9. The van der Waals surface area contributed by atoms with Crippen LogP contribution in [0.1, 0.15) is 15.9 Å². The molecule has 0 atom stereocenters. The number of benzene rings is 2. The van der Waals surface area contributed by atoms with E-state index in [2.05, 4.69) is 31.5 Å². The van der Waals surface area contributed by atoms with Crippen LogP contribution in [-0.2, 0) is 6.18 Å². The van der Waals surface area contributed by atoms with Gasteiger partial charge in [-0.3, -0.25) is 4.79 Å². The molecule has 2 aromatic carbocycles. The molecule has 1 heterocycles. The standard InChI is InChI=1S/C19H13BrF3N3O/c20-13-5-2-7-15(11-13)26-18(27)16-8-3-9-24-17(16)25-14-6-1-4-12(10-14)19(21,22)23/h1-11H,(H,24,25)(H,26,27). The maximum Gasteiger partial charge on any atom is 0.416 e. The molecule has 0 aliphatic carbocycles. The minimum Gasteiger partial charge on any atom is -0.340 e. The number of aromatic nitrogens is 1. The average Bonchev–Trinajstić information content (AvgIpc) is 2.62. The number of anilines is 3. The number of carbonyl (C=O) groups excluding carboxylic acids is 1. The zero-order chi connectivity index (χ0) is 19.4. The van der Waals surface area contributed by atoms with Crippen LogP contribution < -0.4 is 10.6 Å². The fraction of sp³-hybridized carbons (Fsp3) is 0.0526. The summed E-state index contributed by atoms with van der Waals surface area (Å²) in [6, 6.07) is 14.9. The number of nitrogens with zero attached hydrogens (tertiary/aromatic N) is 1. The molecule has 0 aliphatic rings. The lowest BCUT2D eigenvalue weighted by molar-refractivity contribution is -0.137. The highest BCUT2D eigenvalue weighted by Crippen LogP contribution is 2.31. The summed E-state index contributed by atoms with van der Waals surface area (Å²) in [5, 5.41) is 5.51. The van der Waals surface area contributed by atoms with E-state index in [0.29, 0.717) is 5.69 Å². The molecule has 4 nitrogen and oxygen atoms in total. The van der Waals surface area contributed by atoms with Gasteiger partial charge in [-0.15, -0.1) is 0 Å². The second-order valence-electron chi connectivity index (χ2n) is 5.57. The maximum atomic E-state index is 12.9. The van der Waals surface area contributed by atoms with Crippen LogP contribution in [0.15, 0.2) is 71.3 Å². The van der Waals surface area contributed by atoms with Crippen LogP contribution in [0.25, 0.3) is 0 Å². The van der Waals surface area contributed by atoms with E-state index in [-0.39, 0.29) is 17.1 Å². The third-order valence-electron chi connectivity index (χ3n) is 3.59. The Labute approximate surface area is 161 Å². The number of rotatable bonds is 4. The summed E-state index contributed by atoms with van der Waals surface area (Å²) in [6.07, 6.45) is -3.01. The Morgan fingerprint density at radius 2 is 1.70 bits per heavy atom. The van der Waals surface area contributed by atoms with Crippen molar-refractivity contribution in [2.24, 2.45) is 0 Å². The predicted octanol–water partition coefficient (Wildman–Crippen LogP) is 5.86. The Kier molecular flexibility index (Phi) is 5.46.